The van der Waals surface area contributed by atoms with E-state index < -0.39 is 10.0 Å². The maximum absolute atomic E-state index is 11.7. The van der Waals surface area contributed by atoms with Crippen LogP contribution >= 0.6 is 11.6 Å². The molecule has 2 aromatic rings. The zero-order valence-corrected chi connectivity index (χ0v) is 13.1. The molecule has 0 fully saturated rings. The van der Waals surface area contributed by atoms with Crippen molar-refractivity contribution in [1.82, 2.24) is 14.9 Å². The van der Waals surface area contributed by atoms with Gasteiger partial charge >= 0.3 is 0 Å². The first-order chi connectivity index (χ1) is 10.00. The minimum Gasteiger partial charge on any atom is -0.338 e. The molecule has 0 aliphatic carbocycles. The standard InChI is InChI=1S/C13H16ClN3O3S/c1-2-3-8-21(18,19)15-9-12-16-13(17-20-12)10-4-6-11(14)7-5-10/h4-7,15H,2-3,8-9H2,1H3. The third kappa shape index (κ3) is 4.80. The smallest absolute Gasteiger partial charge is 0.242 e. The molecule has 0 aliphatic rings. The van der Waals surface area contributed by atoms with Crippen LogP contribution in [0, 0.1) is 0 Å². The summed E-state index contributed by atoms with van der Waals surface area (Å²) in [5.74, 6) is 0.719. The lowest BCUT2D eigenvalue weighted by atomic mass is 10.2. The molecule has 2 rings (SSSR count). The van der Waals surface area contributed by atoms with E-state index >= 15 is 0 Å². The zero-order valence-electron chi connectivity index (χ0n) is 11.5. The zero-order chi connectivity index (χ0) is 15.3. The van der Waals surface area contributed by atoms with Crippen LogP contribution in [0.5, 0.6) is 0 Å². The van der Waals surface area contributed by atoms with Gasteiger partial charge in [0.25, 0.3) is 0 Å². The lowest BCUT2D eigenvalue weighted by molar-refractivity contribution is 0.376. The molecule has 0 unspecified atom stereocenters. The van der Waals surface area contributed by atoms with Gasteiger partial charge in [0.15, 0.2) is 0 Å². The Bertz CT molecular complexity index is 683. The summed E-state index contributed by atoms with van der Waals surface area (Å²) in [4.78, 5) is 4.15. The molecular formula is C13H16ClN3O3S. The van der Waals surface area contributed by atoms with E-state index in [9.17, 15) is 8.42 Å². The monoisotopic (exact) mass is 329 g/mol. The van der Waals surface area contributed by atoms with E-state index in [0.717, 1.165) is 12.0 Å². The molecular weight excluding hydrogens is 314 g/mol. The molecule has 6 nitrogen and oxygen atoms in total. The molecule has 1 aromatic heterocycles. The Kier molecular flexibility index (Phi) is 5.33. The molecule has 1 heterocycles. The number of unbranched alkanes of at least 4 members (excludes halogenated alkanes) is 1. The molecule has 0 aliphatic heterocycles. The highest BCUT2D eigenvalue weighted by atomic mass is 35.5. The third-order valence-electron chi connectivity index (χ3n) is 2.78. The van der Waals surface area contributed by atoms with Crippen LogP contribution in [0.1, 0.15) is 25.7 Å². The van der Waals surface area contributed by atoms with Crippen molar-refractivity contribution in [2.24, 2.45) is 0 Å². The van der Waals surface area contributed by atoms with Gasteiger partial charge in [-0.1, -0.05) is 30.1 Å². The van der Waals surface area contributed by atoms with Crippen molar-refractivity contribution in [2.45, 2.75) is 26.3 Å². The van der Waals surface area contributed by atoms with Crippen LogP contribution in [0.25, 0.3) is 11.4 Å². The first-order valence-electron chi connectivity index (χ1n) is 6.56. The summed E-state index contributed by atoms with van der Waals surface area (Å²) in [6.45, 7) is 1.93. The number of hydrogen-bond acceptors (Lipinski definition) is 5. The van der Waals surface area contributed by atoms with Gasteiger partial charge in [-0.05, 0) is 30.7 Å². The van der Waals surface area contributed by atoms with Crippen molar-refractivity contribution in [3.8, 4) is 11.4 Å². The van der Waals surface area contributed by atoms with E-state index in [2.05, 4.69) is 14.9 Å². The molecule has 0 bridgehead atoms. The highest BCUT2D eigenvalue weighted by Crippen LogP contribution is 2.18. The number of halogens is 1. The van der Waals surface area contributed by atoms with Crippen LogP contribution in [0.2, 0.25) is 5.02 Å². The molecule has 8 heteroatoms. The minimum atomic E-state index is -3.30. The van der Waals surface area contributed by atoms with Gasteiger partial charge in [-0.3, -0.25) is 0 Å². The predicted octanol–water partition coefficient (Wildman–Crippen LogP) is 2.61. The number of benzene rings is 1. The molecule has 0 saturated carbocycles. The molecule has 1 aromatic carbocycles. The van der Waals surface area contributed by atoms with Gasteiger partial charge < -0.3 is 4.52 Å². The molecule has 0 atom stereocenters. The molecule has 21 heavy (non-hydrogen) atoms. The Morgan fingerprint density at radius 1 is 1.29 bits per heavy atom. The number of nitrogens with one attached hydrogen (secondary N) is 1. The first-order valence-corrected chi connectivity index (χ1v) is 8.59. The molecule has 0 amide bonds. The average molecular weight is 330 g/mol. The Hall–Kier alpha value is -1.44. The number of nitrogens with zero attached hydrogens (tertiary/aromatic N) is 2. The predicted molar refractivity (Wildman–Crippen MR) is 80.3 cm³/mol. The number of aromatic nitrogens is 2. The van der Waals surface area contributed by atoms with Gasteiger partial charge in [-0.15, -0.1) is 0 Å². The van der Waals surface area contributed by atoms with Crippen molar-refractivity contribution < 1.29 is 12.9 Å². The van der Waals surface area contributed by atoms with Crippen molar-refractivity contribution in [3.63, 3.8) is 0 Å². The second-order valence-corrected chi connectivity index (χ2v) is 6.88. The Balaban J connectivity index is 1.99. The fourth-order valence-electron chi connectivity index (χ4n) is 1.62. The molecule has 114 valence electrons. The maximum atomic E-state index is 11.7. The fourth-order valence-corrected chi connectivity index (χ4v) is 2.90. The van der Waals surface area contributed by atoms with Crippen molar-refractivity contribution in [2.75, 3.05) is 5.75 Å². The molecule has 0 spiro atoms. The third-order valence-corrected chi connectivity index (χ3v) is 4.44. The van der Waals surface area contributed by atoms with E-state index in [1.165, 1.54) is 0 Å². The number of sulfonamides is 1. The van der Waals surface area contributed by atoms with Gasteiger partial charge in [0.2, 0.25) is 21.7 Å². The second kappa shape index (κ2) is 7.02. The summed E-state index contributed by atoms with van der Waals surface area (Å²) in [7, 11) is -3.30. The fraction of sp³-hybridized carbons (Fsp3) is 0.385. The Morgan fingerprint density at radius 2 is 2.00 bits per heavy atom. The summed E-state index contributed by atoms with van der Waals surface area (Å²) in [6.07, 6.45) is 1.44. The van der Waals surface area contributed by atoms with E-state index in [1.54, 1.807) is 24.3 Å². The van der Waals surface area contributed by atoms with Crippen LogP contribution in [0.4, 0.5) is 0 Å². The SMILES string of the molecule is CCCCS(=O)(=O)NCc1nc(-c2ccc(Cl)cc2)no1. The van der Waals surface area contributed by atoms with Gasteiger partial charge in [-0.25, -0.2) is 13.1 Å². The summed E-state index contributed by atoms with van der Waals surface area (Å²) in [6, 6.07) is 6.98. The van der Waals surface area contributed by atoms with Crippen LogP contribution in [0.15, 0.2) is 28.8 Å². The molecule has 0 radical (unpaired) electrons. The van der Waals surface area contributed by atoms with Gasteiger partial charge in [-0.2, -0.15) is 4.98 Å². The molecule has 1 N–H and O–H groups in total. The normalized spacial score (nSPS) is 11.7. The van der Waals surface area contributed by atoms with E-state index in [1.807, 2.05) is 6.92 Å². The van der Waals surface area contributed by atoms with Crippen molar-refractivity contribution in [1.29, 1.82) is 0 Å². The summed E-state index contributed by atoms with van der Waals surface area (Å²) < 4.78 is 30.8. The maximum Gasteiger partial charge on any atom is 0.242 e. The van der Waals surface area contributed by atoms with E-state index in [4.69, 9.17) is 16.1 Å². The minimum absolute atomic E-state index is 0.00730. The van der Waals surface area contributed by atoms with Crippen LogP contribution in [-0.2, 0) is 16.6 Å². The highest BCUT2D eigenvalue weighted by Gasteiger charge is 2.13. The van der Waals surface area contributed by atoms with Crippen molar-refractivity contribution in [3.05, 3.63) is 35.2 Å². The second-order valence-electron chi connectivity index (χ2n) is 4.51. The number of hydrogen-bond donors (Lipinski definition) is 1. The van der Waals surface area contributed by atoms with Crippen LogP contribution in [0.3, 0.4) is 0 Å². The summed E-state index contributed by atoms with van der Waals surface area (Å²) in [5.41, 5.74) is 0.753. The molecule has 0 saturated heterocycles. The van der Waals surface area contributed by atoms with Gasteiger partial charge in [0, 0.05) is 10.6 Å². The lowest BCUT2D eigenvalue weighted by Gasteiger charge is -2.02. The Morgan fingerprint density at radius 3 is 2.67 bits per heavy atom. The summed E-state index contributed by atoms with van der Waals surface area (Å²) >= 11 is 5.80. The topological polar surface area (TPSA) is 85.1 Å². The van der Waals surface area contributed by atoms with E-state index in [0.29, 0.717) is 17.3 Å². The quantitative estimate of drug-likeness (QED) is 0.844. The highest BCUT2D eigenvalue weighted by molar-refractivity contribution is 7.89. The van der Waals surface area contributed by atoms with Gasteiger partial charge in [0.05, 0.1) is 12.3 Å². The van der Waals surface area contributed by atoms with Crippen molar-refractivity contribution >= 4 is 21.6 Å². The lowest BCUT2D eigenvalue weighted by Crippen LogP contribution is -2.26. The Labute approximate surface area is 128 Å². The van der Waals surface area contributed by atoms with Crippen LogP contribution in [-0.4, -0.2) is 24.3 Å². The first kappa shape index (κ1) is 15.9. The number of rotatable bonds is 7. The average Bonchev–Trinajstić information content (AvgIpc) is 2.93. The summed E-state index contributed by atoms with van der Waals surface area (Å²) in [5, 5.41) is 4.43. The largest absolute Gasteiger partial charge is 0.338 e. The van der Waals surface area contributed by atoms with E-state index in [-0.39, 0.29) is 18.2 Å². The van der Waals surface area contributed by atoms with Gasteiger partial charge in [0.1, 0.15) is 0 Å². The van der Waals surface area contributed by atoms with Crippen LogP contribution < -0.4 is 4.72 Å².